The van der Waals surface area contributed by atoms with Crippen LogP contribution in [0.2, 0.25) is 0 Å². The van der Waals surface area contributed by atoms with E-state index in [1.165, 1.54) is 4.88 Å². The number of amides is 4. The van der Waals surface area contributed by atoms with Gasteiger partial charge in [-0.25, -0.2) is 4.79 Å². The highest BCUT2D eigenvalue weighted by Crippen LogP contribution is 2.39. The molecule has 2 aromatic heterocycles. The Morgan fingerprint density at radius 2 is 2.00 bits per heavy atom. The molecule has 2 aromatic rings. The number of carbonyl (C=O) groups excluding carboxylic acids is 3. The van der Waals surface area contributed by atoms with Crippen LogP contribution in [0.1, 0.15) is 48.0 Å². The Morgan fingerprint density at radius 3 is 2.64 bits per heavy atom. The molecule has 4 rings (SSSR count). The molecular weight excluding hydrogens is 394 g/mol. The van der Waals surface area contributed by atoms with E-state index in [9.17, 15) is 14.4 Å². The molecule has 8 heteroatoms. The second-order valence-electron chi connectivity index (χ2n) is 7.16. The summed E-state index contributed by atoms with van der Waals surface area (Å²) in [5, 5.41) is 6.87. The van der Waals surface area contributed by atoms with Crippen molar-refractivity contribution in [2.45, 2.75) is 44.7 Å². The van der Waals surface area contributed by atoms with Crippen molar-refractivity contribution in [1.29, 1.82) is 0 Å². The first-order valence-corrected chi connectivity index (χ1v) is 11.3. The van der Waals surface area contributed by atoms with E-state index >= 15 is 0 Å². The van der Waals surface area contributed by atoms with Crippen LogP contribution in [0.4, 0.5) is 4.79 Å². The van der Waals surface area contributed by atoms with Crippen LogP contribution in [0.15, 0.2) is 29.0 Å². The Labute approximate surface area is 172 Å². The monoisotopic (exact) mass is 417 g/mol. The number of nitrogens with one attached hydrogen (secondary N) is 1. The van der Waals surface area contributed by atoms with Crippen LogP contribution < -0.4 is 5.32 Å². The normalized spacial score (nSPS) is 21.0. The van der Waals surface area contributed by atoms with Crippen LogP contribution >= 0.6 is 22.7 Å². The van der Waals surface area contributed by atoms with Gasteiger partial charge in [-0.05, 0) is 47.7 Å². The van der Waals surface area contributed by atoms with E-state index in [0.717, 1.165) is 21.8 Å². The van der Waals surface area contributed by atoms with Crippen molar-refractivity contribution in [3.63, 3.8) is 0 Å². The van der Waals surface area contributed by atoms with Crippen LogP contribution in [0.25, 0.3) is 0 Å². The number of hydrogen-bond donors (Lipinski definition) is 1. The number of nitrogens with zero attached hydrogens (tertiary/aromatic N) is 2. The van der Waals surface area contributed by atoms with Crippen molar-refractivity contribution >= 4 is 40.5 Å². The van der Waals surface area contributed by atoms with Gasteiger partial charge >= 0.3 is 6.03 Å². The van der Waals surface area contributed by atoms with Gasteiger partial charge in [0.15, 0.2) is 0 Å². The molecule has 1 fully saturated rings. The predicted molar refractivity (Wildman–Crippen MR) is 109 cm³/mol. The largest absolute Gasteiger partial charge is 0.329 e. The first-order valence-electron chi connectivity index (χ1n) is 9.54. The molecule has 4 amide bonds. The maximum Gasteiger partial charge on any atom is 0.325 e. The van der Waals surface area contributed by atoms with Gasteiger partial charge in [0.1, 0.15) is 12.1 Å². The standard InChI is InChI=1S/C20H23N3O3S2/c1-3-20(4-2)18(25)23(19(26)21-20)12-16(24)22-9-7-14-13(8-11-28-14)17(22)15-6-5-10-27-15/h5-6,8,10-11,17H,3-4,7,9,12H2,1-2H3,(H,21,26)/t17-/m0/s1. The van der Waals surface area contributed by atoms with E-state index in [1.807, 2.05) is 36.3 Å². The molecule has 1 N–H and O–H groups in total. The second-order valence-corrected chi connectivity index (χ2v) is 9.14. The van der Waals surface area contributed by atoms with E-state index in [1.54, 1.807) is 22.7 Å². The Hall–Kier alpha value is -2.19. The van der Waals surface area contributed by atoms with E-state index < -0.39 is 11.6 Å². The first kappa shape index (κ1) is 19.1. The van der Waals surface area contributed by atoms with Gasteiger partial charge in [0.25, 0.3) is 5.91 Å². The van der Waals surface area contributed by atoms with E-state index in [-0.39, 0.29) is 24.4 Å². The lowest BCUT2D eigenvalue weighted by atomic mass is 9.93. The Morgan fingerprint density at radius 1 is 1.21 bits per heavy atom. The van der Waals surface area contributed by atoms with Crippen molar-refractivity contribution in [2.24, 2.45) is 0 Å². The zero-order valence-corrected chi connectivity index (χ0v) is 17.6. The van der Waals surface area contributed by atoms with Crippen LogP contribution in [0, 0.1) is 0 Å². The number of urea groups is 1. The number of carbonyl (C=O) groups is 3. The number of fused-ring (bicyclic) bond motifs is 1. The SMILES string of the molecule is CCC1(CC)NC(=O)N(CC(=O)N2CCc3sccc3[C@H]2c2cccs2)C1=O. The Bertz CT molecular complexity index is 902. The molecule has 6 nitrogen and oxygen atoms in total. The van der Waals surface area contributed by atoms with E-state index in [0.29, 0.717) is 19.4 Å². The molecule has 1 saturated heterocycles. The number of imide groups is 1. The van der Waals surface area contributed by atoms with Crippen molar-refractivity contribution in [3.05, 3.63) is 44.3 Å². The zero-order valence-electron chi connectivity index (χ0n) is 15.9. The lowest BCUT2D eigenvalue weighted by Gasteiger charge is -2.36. The summed E-state index contributed by atoms with van der Waals surface area (Å²) in [4.78, 5) is 43.8. The highest BCUT2D eigenvalue weighted by atomic mass is 32.1. The molecule has 1 atom stereocenters. The maximum atomic E-state index is 13.2. The highest BCUT2D eigenvalue weighted by molar-refractivity contribution is 7.10. The smallest absolute Gasteiger partial charge is 0.325 e. The summed E-state index contributed by atoms with van der Waals surface area (Å²) in [5.41, 5.74) is 0.271. The minimum atomic E-state index is -0.882. The summed E-state index contributed by atoms with van der Waals surface area (Å²) in [5.74, 6) is -0.487. The molecule has 148 valence electrons. The third-order valence-electron chi connectivity index (χ3n) is 5.85. The third kappa shape index (κ3) is 2.95. The fraction of sp³-hybridized carbons (Fsp3) is 0.450. The molecule has 2 aliphatic heterocycles. The fourth-order valence-corrected chi connectivity index (χ4v) is 5.87. The molecule has 0 aromatic carbocycles. The summed E-state index contributed by atoms with van der Waals surface area (Å²) >= 11 is 3.34. The Kier molecular flexibility index (Phi) is 5.01. The van der Waals surface area contributed by atoms with Gasteiger partial charge in [-0.2, -0.15) is 0 Å². The Balaban J connectivity index is 1.59. The maximum absolute atomic E-state index is 13.2. The molecule has 2 aliphatic rings. The average molecular weight is 418 g/mol. The third-order valence-corrected chi connectivity index (χ3v) is 7.77. The second kappa shape index (κ2) is 7.33. The average Bonchev–Trinajstić information content (AvgIpc) is 3.43. The topological polar surface area (TPSA) is 69.7 Å². The van der Waals surface area contributed by atoms with Gasteiger partial charge < -0.3 is 10.2 Å². The molecule has 0 spiro atoms. The van der Waals surface area contributed by atoms with Crippen LogP contribution in [-0.4, -0.2) is 46.3 Å². The van der Waals surface area contributed by atoms with Crippen LogP contribution in [-0.2, 0) is 16.0 Å². The van der Waals surface area contributed by atoms with Crippen molar-refractivity contribution in [1.82, 2.24) is 15.1 Å². The van der Waals surface area contributed by atoms with Gasteiger partial charge in [0.05, 0.1) is 6.04 Å². The lowest BCUT2D eigenvalue weighted by Crippen LogP contribution is -2.48. The van der Waals surface area contributed by atoms with Crippen molar-refractivity contribution < 1.29 is 14.4 Å². The highest BCUT2D eigenvalue weighted by Gasteiger charge is 2.49. The fourth-order valence-electron chi connectivity index (χ4n) is 4.11. The lowest BCUT2D eigenvalue weighted by molar-refractivity contribution is -0.140. The summed E-state index contributed by atoms with van der Waals surface area (Å²) < 4.78 is 0. The van der Waals surface area contributed by atoms with Crippen LogP contribution in [0.5, 0.6) is 0 Å². The molecule has 0 unspecified atom stereocenters. The van der Waals surface area contributed by atoms with Crippen LogP contribution in [0.3, 0.4) is 0 Å². The molecular formula is C20H23N3O3S2. The summed E-state index contributed by atoms with van der Waals surface area (Å²) in [6.45, 7) is 4.13. The van der Waals surface area contributed by atoms with Crippen molar-refractivity contribution in [2.75, 3.05) is 13.1 Å². The summed E-state index contributed by atoms with van der Waals surface area (Å²) in [6.07, 6.45) is 1.83. The van der Waals surface area contributed by atoms with Gasteiger partial charge in [-0.1, -0.05) is 19.9 Å². The molecule has 0 aliphatic carbocycles. The first-order chi connectivity index (χ1) is 13.5. The molecule has 0 radical (unpaired) electrons. The number of hydrogen-bond acceptors (Lipinski definition) is 5. The molecule has 0 bridgehead atoms. The summed E-state index contributed by atoms with van der Waals surface area (Å²) in [7, 11) is 0. The van der Waals surface area contributed by atoms with E-state index in [2.05, 4.69) is 16.8 Å². The zero-order chi connectivity index (χ0) is 19.9. The number of rotatable bonds is 5. The molecule has 4 heterocycles. The minimum Gasteiger partial charge on any atom is -0.329 e. The minimum absolute atomic E-state index is 0.148. The van der Waals surface area contributed by atoms with Gasteiger partial charge in [-0.3, -0.25) is 14.5 Å². The molecule has 28 heavy (non-hydrogen) atoms. The molecule has 0 saturated carbocycles. The van der Waals surface area contributed by atoms with Gasteiger partial charge in [-0.15, -0.1) is 22.7 Å². The summed E-state index contributed by atoms with van der Waals surface area (Å²) in [6, 6.07) is 5.48. The predicted octanol–water partition coefficient (Wildman–Crippen LogP) is 3.39. The van der Waals surface area contributed by atoms with Crippen molar-refractivity contribution in [3.8, 4) is 0 Å². The quantitative estimate of drug-likeness (QED) is 0.758. The van der Waals surface area contributed by atoms with Gasteiger partial charge in [0.2, 0.25) is 5.91 Å². The van der Waals surface area contributed by atoms with Gasteiger partial charge in [0, 0.05) is 16.3 Å². The number of thiophene rings is 2. The van der Waals surface area contributed by atoms with E-state index in [4.69, 9.17) is 0 Å².